The molecule has 0 amide bonds. The summed E-state index contributed by atoms with van der Waals surface area (Å²) in [6, 6.07) is 4.34. The number of hydrogen-bond donors (Lipinski definition) is 1. The van der Waals surface area contributed by atoms with Gasteiger partial charge in [-0.3, -0.25) is 4.21 Å². The molecular weight excluding hydrogens is 297 g/mol. The molecule has 0 bridgehead atoms. The Bertz CT molecular complexity index is 497. The monoisotopic (exact) mass is 317 g/mol. The number of rotatable bonds is 4. The van der Waals surface area contributed by atoms with Gasteiger partial charge in [-0.05, 0) is 49.4 Å². The van der Waals surface area contributed by atoms with Crippen LogP contribution in [0.1, 0.15) is 32.6 Å². The highest BCUT2D eigenvalue weighted by molar-refractivity contribution is 7.85. The third kappa shape index (κ3) is 3.41. The third-order valence-corrected chi connectivity index (χ3v) is 6.45. The zero-order valence-corrected chi connectivity index (χ0v) is 13.2. The minimum atomic E-state index is -1.17. The number of benzene rings is 1. The molecule has 0 saturated heterocycles. The van der Waals surface area contributed by atoms with Crippen LogP contribution in [-0.4, -0.2) is 16.0 Å². The Morgan fingerprint density at radius 2 is 2.20 bits per heavy atom. The van der Waals surface area contributed by atoms with Crippen molar-refractivity contribution in [2.24, 2.45) is 17.6 Å². The van der Waals surface area contributed by atoms with E-state index in [1.807, 2.05) is 0 Å². The van der Waals surface area contributed by atoms with Crippen molar-refractivity contribution >= 4 is 22.4 Å². The van der Waals surface area contributed by atoms with Gasteiger partial charge in [-0.25, -0.2) is 4.39 Å². The predicted octanol–water partition coefficient (Wildman–Crippen LogP) is 3.74. The average Bonchev–Trinajstić information content (AvgIpc) is 2.48. The molecule has 0 aromatic heterocycles. The lowest BCUT2D eigenvalue weighted by atomic mass is 9.80. The van der Waals surface area contributed by atoms with E-state index in [0.29, 0.717) is 17.4 Å². The standard InChI is InChI=1S/C15H21ClFNOS/c1-2-10-3-4-11(9-18)15(7-10)20(19)12-5-6-14(17)13(16)8-12/h5-6,8,10-11,15H,2-4,7,9,18H2,1H3. The Morgan fingerprint density at radius 1 is 1.45 bits per heavy atom. The minimum absolute atomic E-state index is 0.0306. The summed E-state index contributed by atoms with van der Waals surface area (Å²) in [4.78, 5) is 0.608. The van der Waals surface area contributed by atoms with Crippen molar-refractivity contribution in [3.05, 3.63) is 29.0 Å². The van der Waals surface area contributed by atoms with Crippen LogP contribution in [0.4, 0.5) is 4.39 Å². The summed E-state index contributed by atoms with van der Waals surface area (Å²) >= 11 is 5.79. The normalized spacial score (nSPS) is 28.3. The first kappa shape index (κ1) is 15.9. The van der Waals surface area contributed by atoms with Crippen LogP contribution in [0.3, 0.4) is 0 Å². The highest BCUT2D eigenvalue weighted by Gasteiger charge is 2.33. The van der Waals surface area contributed by atoms with Crippen LogP contribution in [0.15, 0.2) is 23.1 Å². The van der Waals surface area contributed by atoms with Gasteiger partial charge in [0, 0.05) is 10.1 Å². The summed E-state index contributed by atoms with van der Waals surface area (Å²) in [5, 5.41) is 0.0863. The van der Waals surface area contributed by atoms with Crippen molar-refractivity contribution < 1.29 is 8.60 Å². The highest BCUT2D eigenvalue weighted by atomic mass is 35.5. The van der Waals surface area contributed by atoms with Crippen LogP contribution in [0, 0.1) is 17.7 Å². The zero-order valence-electron chi connectivity index (χ0n) is 11.6. The van der Waals surface area contributed by atoms with Crippen LogP contribution in [0.2, 0.25) is 5.02 Å². The van der Waals surface area contributed by atoms with Gasteiger partial charge in [0.15, 0.2) is 0 Å². The lowest BCUT2D eigenvalue weighted by Gasteiger charge is -2.34. The molecule has 1 aliphatic rings. The molecule has 1 fully saturated rings. The fourth-order valence-corrected chi connectivity index (χ4v) is 5.03. The molecule has 2 rings (SSSR count). The van der Waals surface area contributed by atoms with Gasteiger partial charge in [0.1, 0.15) is 5.82 Å². The molecule has 2 N–H and O–H groups in total. The number of halogens is 2. The van der Waals surface area contributed by atoms with Crippen LogP contribution < -0.4 is 5.73 Å². The van der Waals surface area contributed by atoms with E-state index in [1.165, 1.54) is 12.1 Å². The molecule has 1 aromatic rings. The van der Waals surface area contributed by atoms with Crippen LogP contribution >= 0.6 is 11.6 Å². The summed E-state index contributed by atoms with van der Waals surface area (Å²) in [5.74, 6) is 0.419. The van der Waals surface area contributed by atoms with Gasteiger partial charge in [0.05, 0.1) is 15.8 Å². The molecule has 0 heterocycles. The maximum absolute atomic E-state index is 13.2. The number of nitrogens with two attached hydrogens (primary N) is 1. The molecule has 1 aromatic carbocycles. The molecule has 5 heteroatoms. The Kier molecular flexibility index (Phi) is 5.58. The van der Waals surface area contributed by atoms with E-state index in [0.717, 1.165) is 25.7 Å². The van der Waals surface area contributed by atoms with Crippen LogP contribution in [-0.2, 0) is 10.8 Å². The van der Waals surface area contributed by atoms with E-state index in [2.05, 4.69) is 6.92 Å². The summed E-state index contributed by atoms with van der Waals surface area (Å²) in [7, 11) is -1.17. The first-order valence-electron chi connectivity index (χ1n) is 7.12. The second-order valence-electron chi connectivity index (χ2n) is 5.49. The maximum Gasteiger partial charge on any atom is 0.141 e. The van der Waals surface area contributed by atoms with E-state index in [1.54, 1.807) is 6.07 Å². The molecule has 0 aliphatic heterocycles. The summed E-state index contributed by atoms with van der Waals surface area (Å²) in [6.07, 6.45) is 4.23. The first-order chi connectivity index (χ1) is 9.56. The van der Waals surface area contributed by atoms with Gasteiger partial charge in [0.25, 0.3) is 0 Å². The maximum atomic E-state index is 13.2. The molecule has 0 spiro atoms. The Labute approximate surface area is 127 Å². The van der Waals surface area contributed by atoms with E-state index in [4.69, 9.17) is 17.3 Å². The van der Waals surface area contributed by atoms with E-state index in [-0.39, 0.29) is 16.2 Å². The molecule has 112 valence electrons. The van der Waals surface area contributed by atoms with Crippen molar-refractivity contribution in [1.29, 1.82) is 0 Å². The van der Waals surface area contributed by atoms with Crippen molar-refractivity contribution in [3.63, 3.8) is 0 Å². The smallest absolute Gasteiger partial charge is 0.141 e. The van der Waals surface area contributed by atoms with Crippen LogP contribution in [0.25, 0.3) is 0 Å². The van der Waals surface area contributed by atoms with E-state index in [9.17, 15) is 8.60 Å². The lowest BCUT2D eigenvalue weighted by molar-refractivity contribution is 0.280. The topological polar surface area (TPSA) is 43.1 Å². The Balaban J connectivity index is 2.22. The first-order valence-corrected chi connectivity index (χ1v) is 8.71. The Morgan fingerprint density at radius 3 is 2.80 bits per heavy atom. The largest absolute Gasteiger partial charge is 0.330 e. The van der Waals surface area contributed by atoms with Gasteiger partial charge >= 0.3 is 0 Å². The lowest BCUT2D eigenvalue weighted by Crippen LogP contribution is -2.37. The second-order valence-corrected chi connectivity index (χ2v) is 7.57. The van der Waals surface area contributed by atoms with Crippen molar-refractivity contribution in [2.75, 3.05) is 6.54 Å². The molecule has 4 atom stereocenters. The molecule has 1 aliphatic carbocycles. The van der Waals surface area contributed by atoms with E-state index >= 15 is 0 Å². The van der Waals surface area contributed by atoms with Gasteiger partial charge in [0.2, 0.25) is 0 Å². The summed E-state index contributed by atoms with van der Waals surface area (Å²) in [5.41, 5.74) is 5.83. The molecular formula is C15H21ClFNOS. The highest BCUT2D eigenvalue weighted by Crippen LogP contribution is 2.35. The van der Waals surface area contributed by atoms with Gasteiger partial charge in [-0.15, -0.1) is 0 Å². The van der Waals surface area contributed by atoms with Crippen molar-refractivity contribution in [3.8, 4) is 0 Å². The SMILES string of the molecule is CCC1CCC(CN)C(S(=O)c2ccc(F)c(Cl)c2)C1. The molecule has 1 saturated carbocycles. The van der Waals surface area contributed by atoms with E-state index < -0.39 is 16.6 Å². The quantitative estimate of drug-likeness (QED) is 0.919. The average molecular weight is 318 g/mol. The second kappa shape index (κ2) is 7.01. The van der Waals surface area contributed by atoms with Gasteiger partial charge < -0.3 is 5.73 Å². The molecule has 2 nitrogen and oxygen atoms in total. The molecule has 0 radical (unpaired) electrons. The molecule has 4 unspecified atom stereocenters. The summed E-state index contributed by atoms with van der Waals surface area (Å²) in [6.45, 7) is 2.73. The van der Waals surface area contributed by atoms with Gasteiger partial charge in [-0.2, -0.15) is 0 Å². The van der Waals surface area contributed by atoms with Crippen molar-refractivity contribution in [2.45, 2.75) is 42.8 Å². The third-order valence-electron chi connectivity index (χ3n) is 4.32. The predicted molar refractivity (Wildman–Crippen MR) is 81.8 cm³/mol. The fraction of sp³-hybridized carbons (Fsp3) is 0.600. The number of hydrogen-bond acceptors (Lipinski definition) is 2. The molecule has 20 heavy (non-hydrogen) atoms. The summed E-state index contributed by atoms with van der Waals surface area (Å²) < 4.78 is 26.0. The minimum Gasteiger partial charge on any atom is -0.330 e. The Hall–Kier alpha value is -0.450. The fourth-order valence-electron chi connectivity index (χ4n) is 2.95. The van der Waals surface area contributed by atoms with Crippen molar-refractivity contribution in [1.82, 2.24) is 0 Å². The van der Waals surface area contributed by atoms with Crippen LogP contribution in [0.5, 0.6) is 0 Å². The van der Waals surface area contributed by atoms with Gasteiger partial charge in [-0.1, -0.05) is 31.4 Å². The zero-order chi connectivity index (χ0) is 14.7.